The van der Waals surface area contributed by atoms with E-state index in [1.165, 1.54) is 18.3 Å². The van der Waals surface area contributed by atoms with Crippen LogP contribution in [0.5, 0.6) is 0 Å². The van der Waals surface area contributed by atoms with Gasteiger partial charge >= 0.3 is 0 Å². The van der Waals surface area contributed by atoms with Gasteiger partial charge in [-0.1, -0.05) is 28.1 Å². The standard InChI is InChI=1S/C13H9BrFNO/c14-10-5-3-9(4-6-10)8-12(17)13-11(15)2-1-7-16-13/h1-7H,8H2. The maximum Gasteiger partial charge on any atom is 0.188 e. The third-order valence-corrected chi connectivity index (χ3v) is 2.83. The van der Waals surface area contributed by atoms with Gasteiger partial charge in [0.1, 0.15) is 5.69 Å². The molecule has 86 valence electrons. The molecule has 0 saturated heterocycles. The number of halogens is 2. The molecule has 2 nitrogen and oxygen atoms in total. The molecule has 17 heavy (non-hydrogen) atoms. The molecule has 2 aromatic rings. The number of carbonyl (C=O) groups is 1. The van der Waals surface area contributed by atoms with Gasteiger partial charge in [0.2, 0.25) is 0 Å². The second kappa shape index (κ2) is 5.19. The highest BCUT2D eigenvalue weighted by Gasteiger charge is 2.13. The van der Waals surface area contributed by atoms with E-state index < -0.39 is 5.82 Å². The number of ketones is 1. The van der Waals surface area contributed by atoms with Gasteiger partial charge in [-0.3, -0.25) is 9.78 Å². The summed E-state index contributed by atoms with van der Waals surface area (Å²) in [5.41, 5.74) is 0.735. The normalized spacial score (nSPS) is 10.2. The second-order valence-electron chi connectivity index (χ2n) is 3.56. The molecule has 0 spiro atoms. The molecule has 1 aromatic heterocycles. The van der Waals surface area contributed by atoms with E-state index in [-0.39, 0.29) is 17.9 Å². The van der Waals surface area contributed by atoms with Crippen LogP contribution in [0.4, 0.5) is 4.39 Å². The fraction of sp³-hybridized carbons (Fsp3) is 0.0769. The van der Waals surface area contributed by atoms with Gasteiger partial charge in [-0.05, 0) is 29.8 Å². The Balaban J connectivity index is 2.17. The lowest BCUT2D eigenvalue weighted by molar-refractivity contribution is 0.0984. The maximum atomic E-state index is 13.3. The molecular formula is C13H9BrFNO. The average molecular weight is 294 g/mol. The molecule has 0 amide bonds. The summed E-state index contributed by atoms with van der Waals surface area (Å²) < 4.78 is 14.3. The van der Waals surface area contributed by atoms with Crippen molar-refractivity contribution in [2.45, 2.75) is 6.42 Å². The Bertz CT molecular complexity index is 539. The van der Waals surface area contributed by atoms with Gasteiger partial charge in [-0.25, -0.2) is 4.39 Å². The average Bonchev–Trinajstić information content (AvgIpc) is 2.32. The number of nitrogens with zero attached hydrogens (tertiary/aromatic N) is 1. The molecule has 0 N–H and O–H groups in total. The highest BCUT2D eigenvalue weighted by Crippen LogP contribution is 2.13. The molecule has 0 fully saturated rings. The first-order chi connectivity index (χ1) is 8.16. The minimum atomic E-state index is -0.574. The summed E-state index contributed by atoms with van der Waals surface area (Å²) in [6.07, 6.45) is 1.57. The van der Waals surface area contributed by atoms with Gasteiger partial charge in [0.25, 0.3) is 0 Å². The predicted molar refractivity (Wildman–Crippen MR) is 66.4 cm³/mol. The lowest BCUT2D eigenvalue weighted by Crippen LogP contribution is -2.08. The van der Waals surface area contributed by atoms with Crippen LogP contribution in [0, 0.1) is 5.82 Å². The van der Waals surface area contributed by atoms with Crippen LogP contribution in [-0.2, 0) is 6.42 Å². The van der Waals surface area contributed by atoms with Crippen molar-refractivity contribution >= 4 is 21.7 Å². The molecular weight excluding hydrogens is 285 g/mol. The molecule has 0 unspecified atom stereocenters. The van der Waals surface area contributed by atoms with E-state index in [0.29, 0.717) is 0 Å². The fourth-order valence-corrected chi connectivity index (χ4v) is 1.73. The van der Waals surface area contributed by atoms with Gasteiger partial charge in [0.05, 0.1) is 0 Å². The first kappa shape index (κ1) is 11.9. The summed E-state index contributed by atoms with van der Waals surface area (Å²) in [6, 6.07) is 10.0. The molecule has 0 aliphatic heterocycles. The van der Waals surface area contributed by atoms with Crippen LogP contribution < -0.4 is 0 Å². The molecule has 0 radical (unpaired) electrons. The summed E-state index contributed by atoms with van der Waals surface area (Å²) in [5, 5.41) is 0. The number of hydrogen-bond donors (Lipinski definition) is 0. The van der Waals surface area contributed by atoms with Crippen LogP contribution in [-0.4, -0.2) is 10.8 Å². The number of rotatable bonds is 3. The minimum Gasteiger partial charge on any atom is -0.292 e. The topological polar surface area (TPSA) is 30.0 Å². The Kier molecular flexibility index (Phi) is 3.64. The molecule has 4 heteroatoms. The third kappa shape index (κ3) is 2.97. The highest BCUT2D eigenvalue weighted by atomic mass is 79.9. The van der Waals surface area contributed by atoms with E-state index in [1.54, 1.807) is 0 Å². The number of benzene rings is 1. The molecule has 0 aliphatic carbocycles. The van der Waals surface area contributed by atoms with Crippen molar-refractivity contribution in [3.63, 3.8) is 0 Å². The Morgan fingerprint density at radius 2 is 1.94 bits per heavy atom. The maximum absolute atomic E-state index is 13.3. The van der Waals surface area contributed by atoms with Gasteiger partial charge < -0.3 is 0 Å². The molecule has 1 heterocycles. The molecule has 1 aromatic carbocycles. The van der Waals surface area contributed by atoms with Crippen molar-refractivity contribution in [1.82, 2.24) is 4.98 Å². The zero-order valence-corrected chi connectivity index (χ0v) is 10.4. The molecule has 2 rings (SSSR count). The monoisotopic (exact) mass is 293 g/mol. The summed E-state index contributed by atoms with van der Waals surface area (Å²) in [5.74, 6) is -0.889. The Morgan fingerprint density at radius 3 is 2.59 bits per heavy atom. The first-order valence-electron chi connectivity index (χ1n) is 5.05. The Morgan fingerprint density at radius 1 is 1.24 bits per heavy atom. The van der Waals surface area contributed by atoms with Crippen LogP contribution in [0.2, 0.25) is 0 Å². The van der Waals surface area contributed by atoms with Crippen molar-refractivity contribution in [3.05, 3.63) is 64.1 Å². The van der Waals surface area contributed by atoms with Crippen molar-refractivity contribution in [2.24, 2.45) is 0 Å². The first-order valence-corrected chi connectivity index (χ1v) is 5.84. The van der Waals surface area contributed by atoms with Crippen LogP contribution in [0.25, 0.3) is 0 Å². The number of pyridine rings is 1. The van der Waals surface area contributed by atoms with E-state index in [2.05, 4.69) is 20.9 Å². The molecule has 0 bridgehead atoms. The van der Waals surface area contributed by atoms with Crippen LogP contribution >= 0.6 is 15.9 Å². The number of Topliss-reactive ketones (excluding diaryl/α,β-unsaturated/α-hetero) is 1. The largest absolute Gasteiger partial charge is 0.292 e. The summed E-state index contributed by atoms with van der Waals surface area (Å²) in [4.78, 5) is 15.6. The van der Waals surface area contributed by atoms with Crippen molar-refractivity contribution in [3.8, 4) is 0 Å². The Labute approximate surface area is 107 Å². The predicted octanol–water partition coefficient (Wildman–Crippen LogP) is 3.41. The zero-order chi connectivity index (χ0) is 12.3. The SMILES string of the molecule is O=C(Cc1ccc(Br)cc1)c1ncccc1F. The summed E-state index contributed by atoms with van der Waals surface area (Å²) >= 11 is 3.31. The van der Waals surface area contributed by atoms with E-state index >= 15 is 0 Å². The molecule has 0 aliphatic rings. The van der Waals surface area contributed by atoms with Crippen LogP contribution in [0.3, 0.4) is 0 Å². The summed E-state index contributed by atoms with van der Waals surface area (Å²) in [6.45, 7) is 0. The van der Waals surface area contributed by atoms with Crippen molar-refractivity contribution in [2.75, 3.05) is 0 Å². The lowest BCUT2D eigenvalue weighted by Gasteiger charge is -2.02. The van der Waals surface area contributed by atoms with E-state index in [1.807, 2.05) is 24.3 Å². The van der Waals surface area contributed by atoms with E-state index in [0.717, 1.165) is 10.0 Å². The van der Waals surface area contributed by atoms with Gasteiger partial charge in [0, 0.05) is 17.1 Å². The van der Waals surface area contributed by atoms with Crippen LogP contribution in [0.1, 0.15) is 16.1 Å². The quantitative estimate of drug-likeness (QED) is 0.812. The molecule has 0 atom stereocenters. The number of aromatic nitrogens is 1. The fourth-order valence-electron chi connectivity index (χ4n) is 1.46. The van der Waals surface area contributed by atoms with Crippen molar-refractivity contribution in [1.29, 1.82) is 0 Å². The smallest absolute Gasteiger partial charge is 0.188 e. The van der Waals surface area contributed by atoms with E-state index in [4.69, 9.17) is 0 Å². The number of carbonyl (C=O) groups excluding carboxylic acids is 1. The van der Waals surface area contributed by atoms with Gasteiger partial charge in [-0.15, -0.1) is 0 Å². The van der Waals surface area contributed by atoms with Gasteiger partial charge in [0.15, 0.2) is 11.6 Å². The second-order valence-corrected chi connectivity index (χ2v) is 4.48. The zero-order valence-electron chi connectivity index (χ0n) is 8.86. The lowest BCUT2D eigenvalue weighted by atomic mass is 10.1. The van der Waals surface area contributed by atoms with Gasteiger partial charge in [-0.2, -0.15) is 0 Å². The van der Waals surface area contributed by atoms with Crippen LogP contribution in [0.15, 0.2) is 47.1 Å². The number of hydrogen-bond acceptors (Lipinski definition) is 2. The van der Waals surface area contributed by atoms with E-state index in [9.17, 15) is 9.18 Å². The third-order valence-electron chi connectivity index (χ3n) is 2.30. The summed E-state index contributed by atoms with van der Waals surface area (Å²) in [7, 11) is 0. The minimum absolute atomic E-state index is 0.101. The molecule has 0 saturated carbocycles. The highest BCUT2D eigenvalue weighted by molar-refractivity contribution is 9.10. The Hall–Kier alpha value is -1.55. The van der Waals surface area contributed by atoms with Crippen molar-refractivity contribution < 1.29 is 9.18 Å².